The van der Waals surface area contributed by atoms with Gasteiger partial charge < -0.3 is 20.7 Å². The van der Waals surface area contributed by atoms with Crippen LogP contribution >= 0.6 is 0 Å². The zero-order chi connectivity index (χ0) is 21.5. The molecule has 0 bridgehead atoms. The van der Waals surface area contributed by atoms with Gasteiger partial charge in [-0.3, -0.25) is 14.4 Å². The van der Waals surface area contributed by atoms with E-state index in [4.69, 9.17) is 5.11 Å². The minimum Gasteiger partial charge on any atom is -0.481 e. The maximum atomic E-state index is 12.3. The molecule has 4 N–H and O–H groups in total. The molecule has 2 fully saturated rings. The van der Waals surface area contributed by atoms with Crippen molar-refractivity contribution in [2.24, 2.45) is 0 Å². The number of aromatic amines is 1. The first-order chi connectivity index (χ1) is 15.0. The maximum Gasteiger partial charge on any atom is 0.307 e. The minimum atomic E-state index is -0.912. The summed E-state index contributed by atoms with van der Waals surface area (Å²) in [4.78, 5) is 38.8. The van der Waals surface area contributed by atoms with Gasteiger partial charge in [0.25, 0.3) is 0 Å². The molecule has 7 nitrogen and oxygen atoms in total. The average Bonchev–Trinajstić information content (AvgIpc) is 3.13. The number of nitrogens with one attached hydrogen (secondary N) is 3. The summed E-state index contributed by atoms with van der Waals surface area (Å²) in [6.45, 7) is 0. The molecule has 7 heteroatoms. The number of para-hydroxylation sites is 1. The lowest BCUT2D eigenvalue weighted by atomic mass is 9.79. The van der Waals surface area contributed by atoms with Crippen LogP contribution in [0.2, 0.25) is 0 Å². The summed E-state index contributed by atoms with van der Waals surface area (Å²) < 4.78 is 0. The molecular weight excluding hydrogens is 394 g/mol. The van der Waals surface area contributed by atoms with E-state index >= 15 is 0 Å². The van der Waals surface area contributed by atoms with Gasteiger partial charge in [-0.2, -0.15) is 0 Å². The van der Waals surface area contributed by atoms with E-state index in [0.29, 0.717) is 22.7 Å². The van der Waals surface area contributed by atoms with E-state index in [2.05, 4.69) is 27.8 Å². The fourth-order valence-electron chi connectivity index (χ4n) is 4.43. The van der Waals surface area contributed by atoms with Gasteiger partial charge in [0.1, 0.15) is 12.1 Å². The van der Waals surface area contributed by atoms with Crippen molar-refractivity contribution in [2.75, 3.05) is 10.6 Å². The Hall–Kier alpha value is -3.61. The predicted octanol–water partition coefficient (Wildman–Crippen LogP) is 3.48. The van der Waals surface area contributed by atoms with Crippen molar-refractivity contribution in [1.29, 1.82) is 0 Å². The molecule has 2 aliphatic rings. The van der Waals surface area contributed by atoms with E-state index in [1.54, 1.807) is 18.3 Å². The summed E-state index contributed by atoms with van der Waals surface area (Å²) in [7, 11) is 0. The lowest BCUT2D eigenvalue weighted by molar-refractivity contribution is -0.144. The Morgan fingerprint density at radius 2 is 1.77 bits per heavy atom. The van der Waals surface area contributed by atoms with Gasteiger partial charge in [-0.25, -0.2) is 0 Å². The summed E-state index contributed by atoms with van der Waals surface area (Å²) in [5, 5.41) is 16.3. The van der Waals surface area contributed by atoms with Crippen LogP contribution in [-0.2, 0) is 20.8 Å². The van der Waals surface area contributed by atoms with Crippen LogP contribution in [-0.4, -0.2) is 39.7 Å². The summed E-state index contributed by atoms with van der Waals surface area (Å²) in [6.07, 6.45) is 5.25. The molecule has 1 heterocycles. The number of carbonyl (C=O) groups is 3. The fourth-order valence-corrected chi connectivity index (χ4v) is 4.43. The molecule has 2 aliphatic carbocycles. The van der Waals surface area contributed by atoms with E-state index in [-0.39, 0.29) is 6.42 Å². The number of Topliss-reactive ketones (excluding diaryl/α,β-unsaturated/α-hetero) is 2. The standard InChI is InChI=1S/C24H23N3O4/c28-19(29)11-15-7-3-9-17-18(12-25-20(15)17)27-22-21(23(30)24(22)31)26-16-8-2-6-14(10-16)13-4-1-5-13/h2-3,6-10,12-13,21-22,25-27H,1,4-5,11H2,(H,28,29). The summed E-state index contributed by atoms with van der Waals surface area (Å²) in [6, 6.07) is 12.2. The van der Waals surface area contributed by atoms with Crippen LogP contribution in [0.4, 0.5) is 11.4 Å². The SMILES string of the molecule is O=C(O)Cc1cccc2c(NC3C(=O)C(=O)C3Nc3cccc(C4CCC4)c3)c[nH]c12. The van der Waals surface area contributed by atoms with Crippen molar-refractivity contribution in [1.82, 2.24) is 4.98 Å². The minimum absolute atomic E-state index is 0.0976. The van der Waals surface area contributed by atoms with Crippen molar-refractivity contribution in [2.45, 2.75) is 43.7 Å². The molecule has 2 aromatic carbocycles. The molecule has 0 saturated heterocycles. The number of benzene rings is 2. The third kappa shape index (κ3) is 3.46. The maximum absolute atomic E-state index is 12.3. The monoisotopic (exact) mass is 417 g/mol. The number of rotatable bonds is 7. The number of hydrogen-bond acceptors (Lipinski definition) is 5. The molecule has 158 valence electrons. The highest BCUT2D eigenvalue weighted by Crippen LogP contribution is 2.37. The van der Waals surface area contributed by atoms with Crippen LogP contribution < -0.4 is 10.6 Å². The number of fused-ring (bicyclic) bond motifs is 1. The first-order valence-electron chi connectivity index (χ1n) is 10.5. The number of H-pyrrole nitrogens is 1. The Morgan fingerprint density at radius 3 is 2.48 bits per heavy atom. The Morgan fingerprint density at radius 1 is 1.03 bits per heavy atom. The highest BCUT2D eigenvalue weighted by Gasteiger charge is 2.49. The number of anilines is 2. The van der Waals surface area contributed by atoms with Gasteiger partial charge in [-0.15, -0.1) is 0 Å². The van der Waals surface area contributed by atoms with Crippen LogP contribution in [0, 0.1) is 0 Å². The number of aliphatic carboxylic acids is 1. The zero-order valence-corrected chi connectivity index (χ0v) is 16.9. The van der Waals surface area contributed by atoms with Crippen LogP contribution in [0.5, 0.6) is 0 Å². The zero-order valence-electron chi connectivity index (χ0n) is 16.9. The second kappa shape index (κ2) is 7.58. The Labute approximate surface area is 178 Å². The molecular formula is C24H23N3O4. The number of carbonyl (C=O) groups excluding carboxylic acids is 2. The van der Waals surface area contributed by atoms with Gasteiger partial charge in [-0.1, -0.05) is 36.8 Å². The molecule has 3 aromatic rings. The summed E-state index contributed by atoms with van der Waals surface area (Å²) in [5.41, 5.74) is 4.15. The Bertz CT molecular complexity index is 1190. The van der Waals surface area contributed by atoms with Gasteiger partial charge in [-0.05, 0) is 42.0 Å². The van der Waals surface area contributed by atoms with Crippen LogP contribution in [0.3, 0.4) is 0 Å². The van der Waals surface area contributed by atoms with Crippen molar-refractivity contribution in [3.05, 3.63) is 59.8 Å². The Balaban J connectivity index is 1.36. The predicted molar refractivity (Wildman–Crippen MR) is 118 cm³/mol. The van der Waals surface area contributed by atoms with Crippen LogP contribution in [0.1, 0.15) is 36.3 Å². The first kappa shape index (κ1) is 19.4. The molecule has 5 rings (SSSR count). The number of ketones is 2. The lowest BCUT2D eigenvalue weighted by Gasteiger charge is -2.35. The molecule has 2 saturated carbocycles. The number of aromatic nitrogens is 1. The van der Waals surface area contributed by atoms with E-state index < -0.39 is 29.6 Å². The Kier molecular flexibility index (Phi) is 4.73. The molecule has 0 spiro atoms. The molecule has 0 radical (unpaired) electrons. The molecule has 1 aromatic heterocycles. The van der Waals surface area contributed by atoms with Crippen molar-refractivity contribution >= 4 is 39.8 Å². The molecule has 0 aliphatic heterocycles. The average molecular weight is 417 g/mol. The van der Waals surface area contributed by atoms with Crippen molar-refractivity contribution in [3.8, 4) is 0 Å². The van der Waals surface area contributed by atoms with Gasteiger partial charge in [0.2, 0.25) is 11.6 Å². The smallest absolute Gasteiger partial charge is 0.307 e. The van der Waals surface area contributed by atoms with Crippen molar-refractivity contribution in [3.63, 3.8) is 0 Å². The van der Waals surface area contributed by atoms with Gasteiger partial charge in [0.15, 0.2) is 0 Å². The molecule has 31 heavy (non-hydrogen) atoms. The summed E-state index contributed by atoms with van der Waals surface area (Å²) in [5.74, 6) is -1.22. The quantitative estimate of drug-likeness (QED) is 0.438. The second-order valence-electron chi connectivity index (χ2n) is 8.34. The molecule has 2 atom stereocenters. The fraction of sp³-hybridized carbons (Fsp3) is 0.292. The third-order valence-electron chi connectivity index (χ3n) is 6.38. The number of carboxylic acids is 1. The van der Waals surface area contributed by atoms with E-state index in [0.717, 1.165) is 11.1 Å². The topological polar surface area (TPSA) is 111 Å². The molecule has 2 unspecified atom stereocenters. The number of hydrogen-bond donors (Lipinski definition) is 4. The van der Waals surface area contributed by atoms with E-state index in [1.165, 1.54) is 24.8 Å². The summed E-state index contributed by atoms with van der Waals surface area (Å²) >= 11 is 0. The second-order valence-corrected chi connectivity index (χ2v) is 8.34. The largest absolute Gasteiger partial charge is 0.481 e. The molecule has 0 amide bonds. The van der Waals surface area contributed by atoms with Crippen LogP contribution in [0.25, 0.3) is 10.9 Å². The lowest BCUT2D eigenvalue weighted by Crippen LogP contribution is -2.64. The first-order valence-corrected chi connectivity index (χ1v) is 10.5. The van der Waals surface area contributed by atoms with Gasteiger partial charge >= 0.3 is 5.97 Å². The van der Waals surface area contributed by atoms with Gasteiger partial charge in [0, 0.05) is 17.3 Å². The van der Waals surface area contributed by atoms with Gasteiger partial charge in [0.05, 0.1) is 17.6 Å². The highest BCUT2D eigenvalue weighted by molar-refractivity contribution is 6.50. The third-order valence-corrected chi connectivity index (χ3v) is 6.38. The van der Waals surface area contributed by atoms with E-state index in [1.807, 2.05) is 18.2 Å². The van der Waals surface area contributed by atoms with Crippen molar-refractivity contribution < 1.29 is 19.5 Å². The van der Waals surface area contributed by atoms with E-state index in [9.17, 15) is 14.4 Å². The van der Waals surface area contributed by atoms with Crippen LogP contribution in [0.15, 0.2) is 48.7 Å². The highest BCUT2D eigenvalue weighted by atomic mass is 16.4. The number of carboxylic acid groups (broad SMARTS) is 1. The normalized spacial score (nSPS) is 20.9.